The van der Waals surface area contributed by atoms with E-state index in [9.17, 15) is 9.59 Å². The van der Waals surface area contributed by atoms with Crippen molar-refractivity contribution in [2.24, 2.45) is 0 Å². The van der Waals surface area contributed by atoms with E-state index in [1.54, 1.807) is 32.4 Å². The van der Waals surface area contributed by atoms with Crippen LogP contribution in [0, 0.1) is 6.92 Å². The van der Waals surface area contributed by atoms with Crippen LogP contribution in [0.5, 0.6) is 17.2 Å². The summed E-state index contributed by atoms with van der Waals surface area (Å²) in [7, 11) is 3.16. The summed E-state index contributed by atoms with van der Waals surface area (Å²) in [6, 6.07) is 46.3. The molecule has 0 fully saturated rings. The van der Waals surface area contributed by atoms with E-state index in [0.717, 1.165) is 44.5 Å². The standard InChI is InChI=1S/C46H43N3O6/c1-30-17-19-32(20-18-30)44(31-11-5-4-6-12-31)49-48-43(50)29-54-34-23-21-33(22-24-34)45(40-26-25-35(52-2)27-42(40)53-3)47-46(51)55-28-41-38-15-9-7-13-36(38)37-14-8-10-16-39(37)41/h4-27,41,44-45,49H,28-29H2,1-3H3,(H,47,51)(H,48,50). The number of hydrogen-bond acceptors (Lipinski definition) is 7. The Kier molecular flexibility index (Phi) is 11.4. The third-order valence-electron chi connectivity index (χ3n) is 9.84. The third-order valence-corrected chi connectivity index (χ3v) is 9.84. The molecule has 9 heteroatoms. The number of rotatable bonds is 14. The molecule has 2 amide bonds. The van der Waals surface area contributed by atoms with Crippen molar-refractivity contribution in [1.82, 2.24) is 16.2 Å². The topological polar surface area (TPSA) is 107 Å². The van der Waals surface area contributed by atoms with Crippen LogP contribution in [-0.4, -0.2) is 39.4 Å². The smallest absolute Gasteiger partial charge is 0.407 e. The quantitative estimate of drug-likeness (QED) is 0.0966. The normalized spacial score (nSPS) is 12.8. The molecule has 6 aromatic carbocycles. The summed E-state index contributed by atoms with van der Waals surface area (Å²) < 4.78 is 23.0. The number of carbonyl (C=O) groups excluding carboxylic acids is 2. The maximum Gasteiger partial charge on any atom is 0.407 e. The summed E-state index contributed by atoms with van der Waals surface area (Å²) in [5.41, 5.74) is 15.2. The Morgan fingerprint density at radius 2 is 1.22 bits per heavy atom. The average molecular weight is 734 g/mol. The zero-order chi connectivity index (χ0) is 38.1. The molecule has 278 valence electrons. The van der Waals surface area contributed by atoms with Crippen molar-refractivity contribution in [1.29, 1.82) is 0 Å². The van der Waals surface area contributed by atoms with Gasteiger partial charge in [-0.05, 0) is 70.1 Å². The fraction of sp³-hybridized carbons (Fsp3) is 0.174. The van der Waals surface area contributed by atoms with Crippen molar-refractivity contribution in [3.8, 4) is 28.4 Å². The molecule has 2 unspecified atom stereocenters. The van der Waals surface area contributed by atoms with Gasteiger partial charge in [-0.1, -0.05) is 121 Å². The van der Waals surface area contributed by atoms with Gasteiger partial charge in [-0.15, -0.1) is 0 Å². The molecule has 0 radical (unpaired) electrons. The summed E-state index contributed by atoms with van der Waals surface area (Å²) in [5, 5.41) is 3.07. The first-order chi connectivity index (χ1) is 26.9. The molecule has 0 heterocycles. The SMILES string of the molecule is COc1ccc(C(NC(=O)OCC2c3ccccc3-c3ccccc32)c2ccc(OCC(=O)NNC(c3ccccc3)c3ccc(C)cc3)cc2)c(OC)c1. The predicted molar refractivity (Wildman–Crippen MR) is 212 cm³/mol. The molecule has 0 bridgehead atoms. The van der Waals surface area contributed by atoms with Gasteiger partial charge >= 0.3 is 6.09 Å². The van der Waals surface area contributed by atoms with E-state index in [0.29, 0.717) is 22.8 Å². The van der Waals surface area contributed by atoms with Crippen LogP contribution in [0.3, 0.4) is 0 Å². The van der Waals surface area contributed by atoms with Crippen LogP contribution in [0.15, 0.2) is 146 Å². The van der Waals surface area contributed by atoms with Gasteiger partial charge < -0.3 is 24.3 Å². The molecular weight excluding hydrogens is 691 g/mol. The van der Waals surface area contributed by atoms with Crippen LogP contribution in [0.1, 0.15) is 56.9 Å². The fourth-order valence-electron chi connectivity index (χ4n) is 7.01. The van der Waals surface area contributed by atoms with E-state index in [2.05, 4.69) is 40.4 Å². The second-order valence-corrected chi connectivity index (χ2v) is 13.3. The van der Waals surface area contributed by atoms with Crippen LogP contribution in [0.25, 0.3) is 11.1 Å². The monoisotopic (exact) mass is 733 g/mol. The maximum absolute atomic E-state index is 13.6. The lowest BCUT2D eigenvalue weighted by atomic mass is 9.97. The van der Waals surface area contributed by atoms with Gasteiger partial charge in [0.25, 0.3) is 5.91 Å². The lowest BCUT2D eigenvalue weighted by molar-refractivity contribution is -0.124. The van der Waals surface area contributed by atoms with Gasteiger partial charge in [0.15, 0.2) is 6.61 Å². The Bertz CT molecular complexity index is 2200. The van der Waals surface area contributed by atoms with Gasteiger partial charge in [-0.25, -0.2) is 10.2 Å². The van der Waals surface area contributed by atoms with Crippen molar-refractivity contribution in [2.45, 2.75) is 24.9 Å². The van der Waals surface area contributed by atoms with E-state index in [4.69, 9.17) is 18.9 Å². The Hall–Kier alpha value is -6.58. The van der Waals surface area contributed by atoms with Gasteiger partial charge in [-0.2, -0.15) is 0 Å². The number of methoxy groups -OCH3 is 2. The van der Waals surface area contributed by atoms with E-state index in [1.807, 2.05) is 110 Å². The Labute approximate surface area is 321 Å². The molecule has 2 atom stereocenters. The summed E-state index contributed by atoms with van der Waals surface area (Å²) >= 11 is 0. The molecule has 0 saturated carbocycles. The van der Waals surface area contributed by atoms with Crippen LogP contribution in [0.2, 0.25) is 0 Å². The predicted octanol–water partition coefficient (Wildman–Crippen LogP) is 8.43. The molecule has 1 aliphatic carbocycles. The zero-order valence-electron chi connectivity index (χ0n) is 31.0. The van der Waals surface area contributed by atoms with Crippen LogP contribution < -0.4 is 30.4 Å². The highest BCUT2D eigenvalue weighted by Gasteiger charge is 2.30. The van der Waals surface area contributed by atoms with Gasteiger partial charge in [0.2, 0.25) is 0 Å². The minimum Gasteiger partial charge on any atom is -0.497 e. The molecular formula is C46H43N3O6. The molecule has 0 aliphatic heterocycles. The number of alkyl carbamates (subject to hydrolysis) is 1. The third kappa shape index (κ3) is 8.48. The van der Waals surface area contributed by atoms with Crippen molar-refractivity contribution in [2.75, 3.05) is 27.4 Å². The summed E-state index contributed by atoms with van der Waals surface area (Å²) in [6.07, 6.45) is -0.575. The number of amides is 2. The number of hydrogen-bond donors (Lipinski definition) is 3. The first kappa shape index (κ1) is 36.8. The molecule has 1 aliphatic rings. The minimum absolute atomic E-state index is 0.0808. The first-order valence-electron chi connectivity index (χ1n) is 18.1. The lowest BCUT2D eigenvalue weighted by Crippen LogP contribution is -2.42. The van der Waals surface area contributed by atoms with Crippen LogP contribution in [0.4, 0.5) is 4.79 Å². The number of nitrogens with one attached hydrogen (secondary N) is 3. The van der Waals surface area contributed by atoms with E-state index >= 15 is 0 Å². The molecule has 9 nitrogen and oxygen atoms in total. The van der Waals surface area contributed by atoms with Gasteiger partial charge in [0.05, 0.1) is 26.3 Å². The summed E-state index contributed by atoms with van der Waals surface area (Å²) in [5.74, 6) is 1.22. The van der Waals surface area contributed by atoms with Gasteiger partial charge in [0.1, 0.15) is 23.9 Å². The number of aryl methyl sites for hydroxylation is 1. The van der Waals surface area contributed by atoms with Crippen molar-refractivity contribution < 1.29 is 28.5 Å². The molecule has 0 aromatic heterocycles. The van der Waals surface area contributed by atoms with E-state index in [-0.39, 0.29) is 31.1 Å². The zero-order valence-corrected chi connectivity index (χ0v) is 31.0. The van der Waals surface area contributed by atoms with Crippen LogP contribution in [-0.2, 0) is 9.53 Å². The molecule has 0 saturated heterocycles. The molecule has 0 spiro atoms. The largest absolute Gasteiger partial charge is 0.497 e. The lowest BCUT2D eigenvalue weighted by Gasteiger charge is -2.23. The second-order valence-electron chi connectivity index (χ2n) is 13.3. The highest BCUT2D eigenvalue weighted by Crippen LogP contribution is 2.44. The van der Waals surface area contributed by atoms with Gasteiger partial charge in [-0.3, -0.25) is 10.2 Å². The van der Waals surface area contributed by atoms with Crippen molar-refractivity contribution >= 4 is 12.0 Å². The molecule has 3 N–H and O–H groups in total. The summed E-state index contributed by atoms with van der Waals surface area (Å²) in [6.45, 7) is 2.00. The molecule has 55 heavy (non-hydrogen) atoms. The van der Waals surface area contributed by atoms with Crippen LogP contribution >= 0.6 is 0 Å². The Morgan fingerprint density at radius 3 is 1.87 bits per heavy atom. The first-order valence-corrected chi connectivity index (χ1v) is 18.1. The highest BCUT2D eigenvalue weighted by atomic mass is 16.5. The fourth-order valence-corrected chi connectivity index (χ4v) is 7.01. The number of carbonyl (C=O) groups is 2. The summed E-state index contributed by atoms with van der Waals surface area (Å²) in [4.78, 5) is 26.5. The number of ether oxygens (including phenoxy) is 4. The average Bonchev–Trinajstić information content (AvgIpc) is 3.55. The van der Waals surface area contributed by atoms with Crippen molar-refractivity contribution in [3.05, 3.63) is 185 Å². The van der Waals surface area contributed by atoms with Crippen molar-refractivity contribution in [3.63, 3.8) is 0 Å². The van der Waals surface area contributed by atoms with E-state index in [1.165, 1.54) is 0 Å². The number of fused-ring (bicyclic) bond motifs is 3. The highest BCUT2D eigenvalue weighted by molar-refractivity contribution is 5.79. The molecule has 7 rings (SSSR count). The minimum atomic E-state index is -0.644. The van der Waals surface area contributed by atoms with E-state index < -0.39 is 12.1 Å². The maximum atomic E-state index is 13.6. The number of hydrazine groups is 1. The number of benzene rings is 6. The second kappa shape index (κ2) is 17.0. The van der Waals surface area contributed by atoms with Gasteiger partial charge in [0, 0.05) is 17.5 Å². The Balaban J connectivity index is 1.03. The molecule has 6 aromatic rings. The Morgan fingerprint density at radius 1 is 0.636 bits per heavy atom.